The van der Waals surface area contributed by atoms with Gasteiger partial charge in [0.1, 0.15) is 11.4 Å². The van der Waals surface area contributed by atoms with E-state index in [1.165, 1.54) is 0 Å². The zero-order valence-electron chi connectivity index (χ0n) is 10.0. The summed E-state index contributed by atoms with van der Waals surface area (Å²) >= 11 is 0. The smallest absolute Gasteiger partial charge is 0.315 e. The van der Waals surface area contributed by atoms with Crippen LogP contribution in [0, 0.1) is 10.1 Å². The van der Waals surface area contributed by atoms with Crippen molar-refractivity contribution in [1.82, 2.24) is 0 Å². The first-order valence-electron chi connectivity index (χ1n) is 5.47. The molecule has 6 heteroatoms. The summed E-state index contributed by atoms with van der Waals surface area (Å²) in [5.41, 5.74) is 1.06. The van der Waals surface area contributed by atoms with E-state index in [0.717, 1.165) is 0 Å². The molecule has 0 spiro atoms. The van der Waals surface area contributed by atoms with Crippen LogP contribution in [0.4, 0.5) is 17.1 Å². The molecule has 0 aliphatic carbocycles. The van der Waals surface area contributed by atoms with Crippen molar-refractivity contribution in [2.75, 3.05) is 37.4 Å². The molecule has 0 bridgehead atoms. The minimum absolute atomic E-state index is 0.0616. The Morgan fingerprint density at radius 2 is 2.12 bits per heavy atom. The highest BCUT2D eigenvalue weighted by molar-refractivity contribution is 5.75. The molecular weight excluding hydrogens is 222 g/mol. The first kappa shape index (κ1) is 13.2. The number of benzene rings is 1. The van der Waals surface area contributed by atoms with E-state index in [9.17, 15) is 10.1 Å². The molecule has 0 aliphatic heterocycles. The number of nitro benzene ring substituents is 1. The molecule has 1 aromatic carbocycles. The molecule has 17 heavy (non-hydrogen) atoms. The highest BCUT2D eigenvalue weighted by Crippen LogP contribution is 2.32. The number of rotatable bonds is 7. The van der Waals surface area contributed by atoms with Crippen molar-refractivity contribution >= 4 is 17.1 Å². The molecule has 0 fully saturated rings. The van der Waals surface area contributed by atoms with Crippen LogP contribution < -0.4 is 10.6 Å². The van der Waals surface area contributed by atoms with Crippen molar-refractivity contribution < 1.29 is 9.66 Å². The molecule has 1 rings (SSSR count). The summed E-state index contributed by atoms with van der Waals surface area (Å²) in [6.07, 6.45) is 0. The number of nitrogens with one attached hydrogen (secondary N) is 2. The predicted molar refractivity (Wildman–Crippen MR) is 67.6 cm³/mol. The molecule has 0 saturated heterocycles. The third kappa shape index (κ3) is 3.60. The van der Waals surface area contributed by atoms with E-state index in [0.29, 0.717) is 31.1 Å². The normalized spacial score (nSPS) is 10.0. The van der Waals surface area contributed by atoms with E-state index in [-0.39, 0.29) is 5.69 Å². The lowest BCUT2D eigenvalue weighted by Gasteiger charge is -2.09. The minimum atomic E-state index is -0.394. The number of nitro groups is 1. The van der Waals surface area contributed by atoms with Gasteiger partial charge in [0.15, 0.2) is 0 Å². The first-order chi connectivity index (χ1) is 8.20. The van der Waals surface area contributed by atoms with Gasteiger partial charge in [0, 0.05) is 20.2 Å². The van der Waals surface area contributed by atoms with Crippen LogP contribution in [0.2, 0.25) is 0 Å². The fraction of sp³-hybridized carbons (Fsp3) is 0.455. The Labute approximate surface area is 100 Å². The Balaban J connectivity index is 2.79. The van der Waals surface area contributed by atoms with Gasteiger partial charge in [-0.05, 0) is 19.1 Å². The van der Waals surface area contributed by atoms with Gasteiger partial charge in [0.25, 0.3) is 0 Å². The average molecular weight is 239 g/mol. The maximum atomic E-state index is 11.0. The molecule has 0 aromatic heterocycles. The standard InChI is InChI=1S/C11H17N3O3/c1-3-17-8-7-13-10-6-4-5-9(12-2)11(10)14(15)16/h4-6,12-13H,3,7-8H2,1-2H3. The number of hydrogen-bond donors (Lipinski definition) is 2. The highest BCUT2D eigenvalue weighted by atomic mass is 16.6. The Morgan fingerprint density at radius 3 is 2.71 bits per heavy atom. The maximum absolute atomic E-state index is 11.0. The lowest BCUT2D eigenvalue weighted by atomic mass is 10.2. The third-order valence-corrected chi connectivity index (χ3v) is 2.25. The second-order valence-electron chi connectivity index (χ2n) is 3.33. The second-order valence-corrected chi connectivity index (χ2v) is 3.33. The summed E-state index contributed by atoms with van der Waals surface area (Å²) < 4.78 is 5.16. The molecule has 0 unspecified atom stereocenters. The van der Waals surface area contributed by atoms with Gasteiger partial charge in [-0.15, -0.1) is 0 Å². The SMILES string of the molecule is CCOCCNc1cccc(NC)c1[N+](=O)[O-]. The molecule has 94 valence electrons. The summed E-state index contributed by atoms with van der Waals surface area (Å²) in [4.78, 5) is 10.6. The van der Waals surface area contributed by atoms with Gasteiger partial charge >= 0.3 is 5.69 Å². The molecular formula is C11H17N3O3. The fourth-order valence-electron chi connectivity index (χ4n) is 1.49. The van der Waals surface area contributed by atoms with Crippen molar-refractivity contribution in [2.24, 2.45) is 0 Å². The Hall–Kier alpha value is -1.82. The Kier molecular flexibility index (Phi) is 5.22. The van der Waals surface area contributed by atoms with Crippen LogP contribution in [0.3, 0.4) is 0 Å². The predicted octanol–water partition coefficient (Wildman–Crippen LogP) is 2.08. The maximum Gasteiger partial charge on any atom is 0.315 e. The lowest BCUT2D eigenvalue weighted by Crippen LogP contribution is -2.11. The van der Waals surface area contributed by atoms with Crippen LogP contribution >= 0.6 is 0 Å². The van der Waals surface area contributed by atoms with E-state index in [2.05, 4.69) is 10.6 Å². The van der Waals surface area contributed by atoms with Gasteiger partial charge < -0.3 is 15.4 Å². The van der Waals surface area contributed by atoms with Gasteiger partial charge in [0.2, 0.25) is 0 Å². The Bertz CT molecular complexity index is 382. The molecule has 6 nitrogen and oxygen atoms in total. The average Bonchev–Trinajstić information content (AvgIpc) is 2.33. The quantitative estimate of drug-likeness (QED) is 0.433. The van der Waals surface area contributed by atoms with E-state index in [1.54, 1.807) is 25.2 Å². The van der Waals surface area contributed by atoms with Gasteiger partial charge in [-0.25, -0.2) is 0 Å². The summed E-state index contributed by atoms with van der Waals surface area (Å²) in [7, 11) is 1.66. The minimum Gasteiger partial charge on any atom is -0.382 e. The zero-order chi connectivity index (χ0) is 12.7. The van der Waals surface area contributed by atoms with Crippen LogP contribution in [0.1, 0.15) is 6.92 Å². The fourth-order valence-corrected chi connectivity index (χ4v) is 1.49. The first-order valence-corrected chi connectivity index (χ1v) is 5.47. The van der Waals surface area contributed by atoms with E-state index in [1.807, 2.05) is 6.92 Å². The van der Waals surface area contributed by atoms with Crippen LogP contribution in [0.5, 0.6) is 0 Å². The van der Waals surface area contributed by atoms with Crippen molar-refractivity contribution in [3.8, 4) is 0 Å². The van der Waals surface area contributed by atoms with E-state index in [4.69, 9.17) is 4.74 Å². The summed E-state index contributed by atoms with van der Waals surface area (Å²) in [6, 6.07) is 5.12. The molecule has 0 atom stereocenters. The van der Waals surface area contributed by atoms with Crippen LogP contribution in [-0.2, 0) is 4.74 Å². The molecule has 0 heterocycles. The van der Waals surface area contributed by atoms with Crippen LogP contribution in [0.25, 0.3) is 0 Å². The van der Waals surface area contributed by atoms with Gasteiger partial charge in [-0.3, -0.25) is 10.1 Å². The van der Waals surface area contributed by atoms with Crippen molar-refractivity contribution in [3.05, 3.63) is 28.3 Å². The molecule has 0 amide bonds. The largest absolute Gasteiger partial charge is 0.382 e. The number of hydrogen-bond acceptors (Lipinski definition) is 5. The number of nitrogens with zero attached hydrogens (tertiary/aromatic N) is 1. The second kappa shape index (κ2) is 6.70. The summed E-state index contributed by atoms with van der Waals surface area (Å²) in [6.45, 7) is 3.61. The number of para-hydroxylation sites is 1. The van der Waals surface area contributed by atoms with Crippen molar-refractivity contribution in [2.45, 2.75) is 6.92 Å². The van der Waals surface area contributed by atoms with E-state index >= 15 is 0 Å². The number of anilines is 2. The van der Waals surface area contributed by atoms with Crippen LogP contribution in [0.15, 0.2) is 18.2 Å². The highest BCUT2D eigenvalue weighted by Gasteiger charge is 2.18. The van der Waals surface area contributed by atoms with E-state index < -0.39 is 4.92 Å². The lowest BCUT2D eigenvalue weighted by molar-refractivity contribution is -0.383. The molecule has 1 aromatic rings. The van der Waals surface area contributed by atoms with Crippen LogP contribution in [-0.4, -0.2) is 31.7 Å². The van der Waals surface area contributed by atoms with Gasteiger partial charge in [0.05, 0.1) is 11.5 Å². The third-order valence-electron chi connectivity index (χ3n) is 2.25. The zero-order valence-corrected chi connectivity index (χ0v) is 10.0. The molecule has 0 aliphatic rings. The van der Waals surface area contributed by atoms with Crippen molar-refractivity contribution in [3.63, 3.8) is 0 Å². The van der Waals surface area contributed by atoms with Gasteiger partial charge in [-0.1, -0.05) is 6.07 Å². The molecule has 0 saturated carbocycles. The topological polar surface area (TPSA) is 76.4 Å². The Morgan fingerprint density at radius 1 is 1.41 bits per heavy atom. The van der Waals surface area contributed by atoms with Crippen molar-refractivity contribution in [1.29, 1.82) is 0 Å². The molecule has 0 radical (unpaired) electrons. The molecule has 2 N–H and O–H groups in total. The monoisotopic (exact) mass is 239 g/mol. The summed E-state index contributed by atoms with van der Waals surface area (Å²) in [5.74, 6) is 0. The summed E-state index contributed by atoms with van der Waals surface area (Å²) in [5, 5.41) is 16.8. The number of ether oxygens (including phenoxy) is 1. The van der Waals surface area contributed by atoms with Gasteiger partial charge in [-0.2, -0.15) is 0 Å².